The molecule has 0 aliphatic carbocycles. The first-order chi connectivity index (χ1) is 9.08. The van der Waals surface area contributed by atoms with E-state index in [-0.39, 0.29) is 12.1 Å². The van der Waals surface area contributed by atoms with Gasteiger partial charge in [0.2, 0.25) is 0 Å². The molecular weight excluding hydrogens is 260 g/mol. The van der Waals surface area contributed by atoms with E-state index in [2.05, 4.69) is 5.32 Å². The van der Waals surface area contributed by atoms with Crippen molar-refractivity contribution in [3.05, 3.63) is 29.3 Å². The first kappa shape index (κ1) is 15.3. The summed E-state index contributed by atoms with van der Waals surface area (Å²) in [5.74, 6) is -3.08. The Kier molecular flexibility index (Phi) is 6.17. The fourth-order valence-electron chi connectivity index (χ4n) is 1.32. The Morgan fingerprint density at radius 2 is 2.00 bits per heavy atom. The Bertz CT molecular complexity index is 417. The third-order valence-corrected chi connectivity index (χ3v) is 2.22. The molecule has 1 aromatic carbocycles. The maximum atomic E-state index is 13.4. The summed E-state index contributed by atoms with van der Waals surface area (Å²) in [6.45, 7) is -0.367. The van der Waals surface area contributed by atoms with Crippen LogP contribution in [0.1, 0.15) is 5.56 Å². The molecule has 0 saturated carbocycles. The van der Waals surface area contributed by atoms with Crippen LogP contribution in [-0.4, -0.2) is 37.9 Å². The lowest BCUT2D eigenvalue weighted by atomic mass is 10.2. The van der Waals surface area contributed by atoms with E-state index in [0.29, 0.717) is 6.61 Å². The standard InChI is InChI=1S/C12H15F2NO4/c1-18-3-2-15-11(17)7-19-12-9(13)4-8(6-16)5-10(12)14/h4-5,16H,2-3,6-7H2,1H3,(H,15,17). The largest absolute Gasteiger partial charge is 0.478 e. The Morgan fingerprint density at radius 3 is 2.53 bits per heavy atom. The predicted octanol–water partition coefficient (Wildman–Crippen LogP) is 0.598. The molecule has 2 N–H and O–H groups in total. The molecule has 0 unspecified atom stereocenters. The number of hydrogen-bond acceptors (Lipinski definition) is 4. The number of carbonyl (C=O) groups is 1. The molecular formula is C12H15F2NO4. The van der Waals surface area contributed by atoms with Gasteiger partial charge in [-0.3, -0.25) is 4.79 Å². The zero-order chi connectivity index (χ0) is 14.3. The quantitative estimate of drug-likeness (QED) is 0.715. The van der Waals surface area contributed by atoms with Crippen molar-refractivity contribution >= 4 is 5.91 Å². The summed E-state index contributed by atoms with van der Waals surface area (Å²) < 4.78 is 36.3. The van der Waals surface area contributed by atoms with Crippen molar-refractivity contribution in [2.75, 3.05) is 26.9 Å². The third-order valence-electron chi connectivity index (χ3n) is 2.22. The lowest BCUT2D eigenvalue weighted by molar-refractivity contribution is -0.123. The van der Waals surface area contributed by atoms with Gasteiger partial charge >= 0.3 is 0 Å². The van der Waals surface area contributed by atoms with Crippen LogP contribution < -0.4 is 10.1 Å². The highest BCUT2D eigenvalue weighted by Crippen LogP contribution is 2.23. The minimum atomic E-state index is -0.964. The topological polar surface area (TPSA) is 67.8 Å². The molecule has 0 bridgehead atoms. The average molecular weight is 275 g/mol. The molecule has 1 amide bonds. The van der Waals surface area contributed by atoms with Crippen LogP contribution in [0.3, 0.4) is 0 Å². The number of ether oxygens (including phenoxy) is 2. The van der Waals surface area contributed by atoms with Crippen molar-refractivity contribution in [1.82, 2.24) is 5.32 Å². The Morgan fingerprint density at radius 1 is 1.37 bits per heavy atom. The lowest BCUT2D eigenvalue weighted by Gasteiger charge is -2.09. The van der Waals surface area contributed by atoms with Gasteiger partial charge in [0, 0.05) is 13.7 Å². The van der Waals surface area contributed by atoms with Gasteiger partial charge in [-0.05, 0) is 17.7 Å². The van der Waals surface area contributed by atoms with Crippen LogP contribution in [-0.2, 0) is 16.1 Å². The molecule has 19 heavy (non-hydrogen) atoms. The van der Waals surface area contributed by atoms with Gasteiger partial charge in [-0.25, -0.2) is 8.78 Å². The molecule has 106 valence electrons. The highest BCUT2D eigenvalue weighted by atomic mass is 19.1. The first-order valence-electron chi connectivity index (χ1n) is 5.55. The lowest BCUT2D eigenvalue weighted by Crippen LogP contribution is -2.31. The minimum Gasteiger partial charge on any atom is -0.478 e. The molecule has 0 aliphatic heterocycles. The van der Waals surface area contributed by atoms with Crippen molar-refractivity contribution in [3.8, 4) is 5.75 Å². The van der Waals surface area contributed by atoms with Gasteiger partial charge in [0.15, 0.2) is 24.0 Å². The normalized spacial score (nSPS) is 10.3. The Hall–Kier alpha value is -1.73. The molecule has 0 radical (unpaired) electrons. The van der Waals surface area contributed by atoms with Crippen LogP contribution in [0.5, 0.6) is 5.75 Å². The Labute approximate surface area is 109 Å². The monoisotopic (exact) mass is 275 g/mol. The molecule has 7 heteroatoms. The van der Waals surface area contributed by atoms with Gasteiger partial charge in [0.1, 0.15) is 0 Å². The smallest absolute Gasteiger partial charge is 0.258 e. The van der Waals surface area contributed by atoms with Gasteiger partial charge in [-0.15, -0.1) is 0 Å². The van der Waals surface area contributed by atoms with E-state index < -0.39 is 36.5 Å². The molecule has 0 aromatic heterocycles. The molecule has 0 saturated heterocycles. The van der Waals surface area contributed by atoms with E-state index in [1.165, 1.54) is 7.11 Å². The summed E-state index contributed by atoms with van der Waals surface area (Å²) in [5, 5.41) is 11.2. The van der Waals surface area contributed by atoms with Crippen molar-refractivity contribution in [2.45, 2.75) is 6.61 Å². The van der Waals surface area contributed by atoms with Crippen molar-refractivity contribution < 1.29 is 28.2 Å². The van der Waals surface area contributed by atoms with Crippen LogP contribution in [0.15, 0.2) is 12.1 Å². The van der Waals surface area contributed by atoms with E-state index in [9.17, 15) is 13.6 Å². The number of amides is 1. The van der Waals surface area contributed by atoms with E-state index in [4.69, 9.17) is 14.6 Å². The summed E-state index contributed by atoms with van der Waals surface area (Å²) in [6, 6.07) is 1.89. The number of aliphatic hydroxyl groups is 1. The summed E-state index contributed by atoms with van der Waals surface area (Å²) in [5.41, 5.74) is 0.0897. The minimum absolute atomic E-state index is 0.0897. The molecule has 1 aromatic rings. The number of benzene rings is 1. The highest BCUT2D eigenvalue weighted by molar-refractivity contribution is 5.77. The maximum absolute atomic E-state index is 13.4. The van der Waals surface area contributed by atoms with E-state index >= 15 is 0 Å². The fourth-order valence-corrected chi connectivity index (χ4v) is 1.32. The molecule has 5 nitrogen and oxygen atoms in total. The summed E-state index contributed by atoms with van der Waals surface area (Å²) in [4.78, 5) is 11.3. The second kappa shape index (κ2) is 7.65. The van der Waals surface area contributed by atoms with Crippen LogP contribution in [0.2, 0.25) is 0 Å². The van der Waals surface area contributed by atoms with Crippen LogP contribution >= 0.6 is 0 Å². The SMILES string of the molecule is COCCNC(=O)COc1c(F)cc(CO)cc1F. The van der Waals surface area contributed by atoms with Crippen molar-refractivity contribution in [2.24, 2.45) is 0 Å². The van der Waals surface area contributed by atoms with Crippen LogP contribution in [0.25, 0.3) is 0 Å². The molecule has 0 fully saturated rings. The first-order valence-corrected chi connectivity index (χ1v) is 5.55. The number of carbonyl (C=O) groups excluding carboxylic acids is 1. The summed E-state index contributed by atoms with van der Waals surface area (Å²) >= 11 is 0. The molecule has 0 spiro atoms. The number of hydrogen-bond donors (Lipinski definition) is 2. The van der Waals surface area contributed by atoms with Gasteiger partial charge in [0.05, 0.1) is 13.2 Å². The third kappa shape index (κ3) is 4.80. The van der Waals surface area contributed by atoms with Crippen molar-refractivity contribution in [3.63, 3.8) is 0 Å². The van der Waals surface area contributed by atoms with Crippen LogP contribution in [0, 0.1) is 11.6 Å². The van der Waals surface area contributed by atoms with Gasteiger partial charge < -0.3 is 19.9 Å². The molecule has 0 aliphatic rings. The molecule has 0 atom stereocenters. The number of aliphatic hydroxyl groups excluding tert-OH is 1. The fraction of sp³-hybridized carbons (Fsp3) is 0.417. The second-order valence-corrected chi connectivity index (χ2v) is 3.68. The van der Waals surface area contributed by atoms with E-state index in [1.807, 2.05) is 0 Å². The highest BCUT2D eigenvalue weighted by Gasteiger charge is 2.14. The number of halogens is 2. The predicted molar refractivity (Wildman–Crippen MR) is 62.7 cm³/mol. The molecule has 0 heterocycles. The van der Waals surface area contributed by atoms with Crippen molar-refractivity contribution in [1.29, 1.82) is 0 Å². The van der Waals surface area contributed by atoms with Gasteiger partial charge in [-0.2, -0.15) is 0 Å². The number of nitrogens with one attached hydrogen (secondary N) is 1. The van der Waals surface area contributed by atoms with Gasteiger partial charge in [0.25, 0.3) is 5.91 Å². The summed E-state index contributed by atoms with van der Waals surface area (Å²) in [7, 11) is 1.48. The molecule has 1 rings (SSSR count). The Balaban J connectivity index is 2.55. The van der Waals surface area contributed by atoms with E-state index in [1.54, 1.807) is 0 Å². The second-order valence-electron chi connectivity index (χ2n) is 3.68. The number of methoxy groups -OCH3 is 1. The average Bonchev–Trinajstić information content (AvgIpc) is 2.37. The van der Waals surface area contributed by atoms with E-state index in [0.717, 1.165) is 12.1 Å². The zero-order valence-corrected chi connectivity index (χ0v) is 10.4. The number of rotatable bonds is 7. The zero-order valence-electron chi connectivity index (χ0n) is 10.4. The maximum Gasteiger partial charge on any atom is 0.258 e. The van der Waals surface area contributed by atoms with Gasteiger partial charge in [-0.1, -0.05) is 0 Å². The summed E-state index contributed by atoms with van der Waals surface area (Å²) in [6.07, 6.45) is 0. The van der Waals surface area contributed by atoms with Crippen LogP contribution in [0.4, 0.5) is 8.78 Å².